The lowest BCUT2D eigenvalue weighted by Crippen LogP contribution is -2.19. The zero-order chi connectivity index (χ0) is 19.2. The molecule has 0 spiro atoms. The van der Waals surface area contributed by atoms with E-state index in [0.29, 0.717) is 22.2 Å². The van der Waals surface area contributed by atoms with Gasteiger partial charge in [-0.05, 0) is 48.0 Å². The fourth-order valence-electron chi connectivity index (χ4n) is 2.35. The molecular weight excluding hydrogens is 364 g/mol. The lowest BCUT2D eigenvalue weighted by Gasteiger charge is -2.08. The predicted molar refractivity (Wildman–Crippen MR) is 107 cm³/mol. The van der Waals surface area contributed by atoms with Crippen molar-refractivity contribution in [2.45, 2.75) is 0 Å². The topological polar surface area (TPSA) is 76.0 Å². The molecule has 0 radical (unpaired) electrons. The Balaban J connectivity index is 1.57. The number of hydrogen-bond donors (Lipinski definition) is 2. The maximum Gasteiger partial charge on any atom is 0.323 e. The van der Waals surface area contributed by atoms with Crippen LogP contribution in [-0.2, 0) is 7.05 Å². The van der Waals surface area contributed by atoms with Gasteiger partial charge in [0.25, 0.3) is 0 Å². The minimum atomic E-state index is -0.356. The Morgan fingerprint density at radius 3 is 2.15 bits per heavy atom. The third-order valence-corrected chi connectivity index (χ3v) is 3.99. The number of nitrogens with one attached hydrogen (secondary N) is 2. The minimum Gasteiger partial charge on any atom is -0.331 e. The molecule has 3 aromatic rings. The molecule has 2 amide bonds. The summed E-state index contributed by atoms with van der Waals surface area (Å²) in [5, 5.41) is 6.06. The summed E-state index contributed by atoms with van der Waals surface area (Å²) in [6.45, 7) is 0. The molecule has 0 bridgehead atoms. The number of allylic oxidation sites excluding steroid dienone is 1. The predicted octanol–water partition coefficient (Wildman–Crippen LogP) is 4.61. The van der Waals surface area contributed by atoms with E-state index in [1.54, 1.807) is 78.6 Å². The average molecular weight is 381 g/mol. The van der Waals surface area contributed by atoms with Gasteiger partial charge in [-0.1, -0.05) is 29.8 Å². The molecule has 0 saturated heterocycles. The first kappa shape index (κ1) is 18.4. The number of halogens is 1. The average Bonchev–Trinajstić information content (AvgIpc) is 3.09. The van der Waals surface area contributed by atoms with Gasteiger partial charge in [0, 0.05) is 35.8 Å². The van der Waals surface area contributed by atoms with Crippen molar-refractivity contribution in [1.82, 2.24) is 9.55 Å². The molecule has 0 saturated carbocycles. The largest absolute Gasteiger partial charge is 0.331 e. The highest BCUT2D eigenvalue weighted by molar-refractivity contribution is 6.30. The monoisotopic (exact) mass is 380 g/mol. The molecule has 1 aromatic heterocycles. The third kappa shape index (κ3) is 5.05. The molecule has 6 nitrogen and oxygen atoms in total. The summed E-state index contributed by atoms with van der Waals surface area (Å²) in [5.74, 6) is 0.204. The van der Waals surface area contributed by atoms with E-state index in [-0.39, 0.29) is 11.8 Å². The van der Waals surface area contributed by atoms with Gasteiger partial charge < -0.3 is 15.2 Å². The standard InChI is InChI=1S/C20H17ClN4O2/c1-25-13-12-22-19(25)18(26)11-4-14-2-7-16(8-3-14)23-20(27)24-17-9-5-15(21)6-10-17/h2-13H,1H3,(H2,23,24,27)/b11-4+. The Labute approximate surface area is 161 Å². The van der Waals surface area contributed by atoms with Gasteiger partial charge in [-0.15, -0.1) is 0 Å². The normalized spacial score (nSPS) is 10.7. The highest BCUT2D eigenvalue weighted by Crippen LogP contribution is 2.15. The molecule has 0 aliphatic carbocycles. The summed E-state index contributed by atoms with van der Waals surface area (Å²) in [6, 6.07) is 13.6. The fraction of sp³-hybridized carbons (Fsp3) is 0.0500. The molecule has 0 fully saturated rings. The van der Waals surface area contributed by atoms with Crippen LogP contribution in [0.3, 0.4) is 0 Å². The second-order valence-electron chi connectivity index (χ2n) is 5.77. The van der Waals surface area contributed by atoms with Crippen molar-refractivity contribution < 1.29 is 9.59 Å². The number of hydrogen-bond acceptors (Lipinski definition) is 3. The number of aromatic nitrogens is 2. The van der Waals surface area contributed by atoms with E-state index in [1.165, 1.54) is 6.08 Å². The van der Waals surface area contributed by atoms with Crippen LogP contribution in [-0.4, -0.2) is 21.4 Å². The van der Waals surface area contributed by atoms with E-state index < -0.39 is 0 Å². The van der Waals surface area contributed by atoms with Gasteiger partial charge in [-0.3, -0.25) is 4.79 Å². The van der Waals surface area contributed by atoms with Gasteiger partial charge in [-0.2, -0.15) is 0 Å². The summed E-state index contributed by atoms with van der Waals surface area (Å²) in [7, 11) is 1.77. The number of ketones is 1. The van der Waals surface area contributed by atoms with E-state index in [0.717, 1.165) is 5.56 Å². The fourth-order valence-corrected chi connectivity index (χ4v) is 2.48. The number of nitrogens with zero attached hydrogens (tertiary/aromatic N) is 2. The van der Waals surface area contributed by atoms with Crippen LogP contribution < -0.4 is 10.6 Å². The first-order valence-corrected chi connectivity index (χ1v) is 8.52. The highest BCUT2D eigenvalue weighted by Gasteiger charge is 2.07. The van der Waals surface area contributed by atoms with Crippen molar-refractivity contribution in [3.63, 3.8) is 0 Å². The Hall–Kier alpha value is -3.38. The number of carbonyl (C=O) groups is 2. The van der Waals surface area contributed by atoms with E-state index in [2.05, 4.69) is 15.6 Å². The molecule has 3 rings (SSSR count). The van der Waals surface area contributed by atoms with Crippen LogP contribution >= 0.6 is 11.6 Å². The number of rotatable bonds is 5. The van der Waals surface area contributed by atoms with Gasteiger partial charge in [0.1, 0.15) is 0 Å². The van der Waals surface area contributed by atoms with Crippen LogP contribution in [0.2, 0.25) is 5.02 Å². The molecule has 0 atom stereocenters. The number of carbonyl (C=O) groups excluding carboxylic acids is 2. The minimum absolute atomic E-state index is 0.174. The Bertz CT molecular complexity index is 976. The number of aryl methyl sites for hydroxylation is 1. The summed E-state index contributed by atoms with van der Waals surface area (Å²) in [5.41, 5.74) is 2.11. The van der Waals surface area contributed by atoms with Crippen LogP contribution in [0, 0.1) is 0 Å². The van der Waals surface area contributed by atoms with Crippen molar-refractivity contribution in [3.05, 3.63) is 83.4 Å². The maximum atomic E-state index is 12.1. The quantitative estimate of drug-likeness (QED) is 0.501. The second kappa shape index (κ2) is 8.33. The Morgan fingerprint density at radius 2 is 1.59 bits per heavy atom. The van der Waals surface area contributed by atoms with E-state index in [4.69, 9.17) is 11.6 Å². The molecule has 7 heteroatoms. The number of amides is 2. The van der Waals surface area contributed by atoms with Gasteiger partial charge in [0.05, 0.1) is 0 Å². The number of urea groups is 1. The van der Waals surface area contributed by atoms with Crippen LogP contribution in [0.1, 0.15) is 16.2 Å². The van der Waals surface area contributed by atoms with Crippen molar-refractivity contribution in [3.8, 4) is 0 Å². The molecule has 2 aromatic carbocycles. The summed E-state index contributed by atoms with van der Waals surface area (Å²) >= 11 is 5.82. The molecule has 27 heavy (non-hydrogen) atoms. The SMILES string of the molecule is Cn1ccnc1C(=O)/C=C/c1ccc(NC(=O)Nc2ccc(Cl)cc2)cc1. The maximum absolute atomic E-state index is 12.1. The zero-order valence-corrected chi connectivity index (χ0v) is 15.3. The smallest absolute Gasteiger partial charge is 0.323 e. The van der Waals surface area contributed by atoms with Gasteiger partial charge in [0.15, 0.2) is 5.82 Å². The summed E-state index contributed by atoms with van der Waals surface area (Å²) in [6.07, 6.45) is 6.47. The van der Waals surface area contributed by atoms with Gasteiger partial charge in [0.2, 0.25) is 5.78 Å². The zero-order valence-electron chi connectivity index (χ0n) is 14.5. The number of benzene rings is 2. The molecule has 0 aliphatic heterocycles. The molecule has 1 heterocycles. The first-order valence-electron chi connectivity index (χ1n) is 8.14. The summed E-state index contributed by atoms with van der Waals surface area (Å²) in [4.78, 5) is 28.1. The third-order valence-electron chi connectivity index (χ3n) is 3.74. The Morgan fingerprint density at radius 1 is 1.00 bits per heavy atom. The molecule has 0 unspecified atom stereocenters. The molecule has 2 N–H and O–H groups in total. The number of anilines is 2. The second-order valence-corrected chi connectivity index (χ2v) is 6.20. The molecular formula is C20H17ClN4O2. The van der Waals surface area contributed by atoms with Crippen molar-refractivity contribution in [2.75, 3.05) is 10.6 Å². The Kier molecular flexibility index (Phi) is 5.68. The van der Waals surface area contributed by atoms with Gasteiger partial charge >= 0.3 is 6.03 Å². The van der Waals surface area contributed by atoms with Crippen molar-refractivity contribution >= 4 is 40.9 Å². The van der Waals surface area contributed by atoms with Gasteiger partial charge in [-0.25, -0.2) is 9.78 Å². The molecule has 136 valence electrons. The molecule has 0 aliphatic rings. The summed E-state index contributed by atoms with van der Waals surface area (Å²) < 4.78 is 1.67. The van der Waals surface area contributed by atoms with E-state index in [1.807, 2.05) is 0 Å². The van der Waals surface area contributed by atoms with E-state index in [9.17, 15) is 9.59 Å². The van der Waals surface area contributed by atoms with Crippen LogP contribution in [0.15, 0.2) is 67.0 Å². The van der Waals surface area contributed by atoms with Crippen molar-refractivity contribution in [2.24, 2.45) is 7.05 Å². The first-order chi connectivity index (χ1) is 13.0. The van der Waals surface area contributed by atoms with Crippen LogP contribution in [0.5, 0.6) is 0 Å². The highest BCUT2D eigenvalue weighted by atomic mass is 35.5. The van der Waals surface area contributed by atoms with Crippen LogP contribution in [0.25, 0.3) is 6.08 Å². The van der Waals surface area contributed by atoms with E-state index >= 15 is 0 Å². The van der Waals surface area contributed by atoms with Crippen LogP contribution in [0.4, 0.5) is 16.2 Å². The lowest BCUT2D eigenvalue weighted by molar-refractivity contribution is 0.103. The van der Waals surface area contributed by atoms with Crippen molar-refractivity contribution in [1.29, 1.82) is 0 Å². The lowest BCUT2D eigenvalue weighted by atomic mass is 10.1. The number of imidazole rings is 1.